The molecule has 0 amide bonds. The topological polar surface area (TPSA) is 43.4 Å². The molecule has 1 aliphatic carbocycles. The van der Waals surface area contributed by atoms with Gasteiger partial charge in [-0.05, 0) is 74.9 Å². The minimum atomic E-state index is -0.812. The number of allylic oxidation sites excluding steroid dienone is 1. The average molecular weight is 366 g/mol. The largest absolute Gasteiger partial charge is 0.479 e. The average Bonchev–Trinajstić information content (AvgIpc) is 2.59. The van der Waals surface area contributed by atoms with Crippen molar-refractivity contribution in [3.05, 3.63) is 70.5 Å². The first kappa shape index (κ1) is 19.0. The third-order valence-electron chi connectivity index (χ3n) is 5.13. The van der Waals surface area contributed by atoms with Crippen molar-refractivity contribution in [1.82, 2.24) is 0 Å². The van der Waals surface area contributed by atoms with Gasteiger partial charge in [0.25, 0.3) is 0 Å². The number of ketones is 2. The standard InChI is InChI=1S/C23H23FO3/c1-15-12-18(14-20(24)21(26)19-8-5-4-6-9-19)13-16(2)22(15)27-23(17(3)25)10-7-11-23/h4-6,8-9,12-14H,7,10-11H2,1-3H3/b20-14-. The first-order chi connectivity index (χ1) is 12.8. The summed E-state index contributed by atoms with van der Waals surface area (Å²) in [5.41, 5.74) is 1.81. The van der Waals surface area contributed by atoms with Gasteiger partial charge in [-0.1, -0.05) is 30.3 Å². The van der Waals surface area contributed by atoms with Crippen LogP contribution in [-0.4, -0.2) is 17.2 Å². The van der Waals surface area contributed by atoms with Crippen molar-refractivity contribution in [3.63, 3.8) is 0 Å². The van der Waals surface area contributed by atoms with Gasteiger partial charge in [-0.15, -0.1) is 0 Å². The third kappa shape index (κ3) is 3.85. The van der Waals surface area contributed by atoms with E-state index in [1.54, 1.807) is 49.4 Å². The predicted octanol–water partition coefficient (Wildman–Crippen LogP) is 5.39. The van der Waals surface area contributed by atoms with Crippen LogP contribution in [0.3, 0.4) is 0 Å². The summed E-state index contributed by atoms with van der Waals surface area (Å²) in [6.45, 7) is 5.29. The van der Waals surface area contributed by atoms with Crippen LogP contribution < -0.4 is 4.74 Å². The zero-order valence-corrected chi connectivity index (χ0v) is 15.8. The van der Waals surface area contributed by atoms with E-state index < -0.39 is 17.2 Å². The summed E-state index contributed by atoms with van der Waals surface area (Å²) in [5, 5.41) is 0. The summed E-state index contributed by atoms with van der Waals surface area (Å²) >= 11 is 0. The van der Waals surface area contributed by atoms with Crippen LogP contribution in [-0.2, 0) is 4.79 Å². The molecule has 0 radical (unpaired) electrons. The fourth-order valence-corrected chi connectivity index (χ4v) is 3.39. The van der Waals surface area contributed by atoms with Gasteiger partial charge >= 0.3 is 0 Å². The molecule has 27 heavy (non-hydrogen) atoms. The van der Waals surface area contributed by atoms with Gasteiger partial charge in [0.05, 0.1) is 0 Å². The van der Waals surface area contributed by atoms with E-state index in [0.717, 1.165) is 30.4 Å². The van der Waals surface area contributed by atoms with Crippen molar-refractivity contribution >= 4 is 17.6 Å². The summed E-state index contributed by atoms with van der Waals surface area (Å²) in [6, 6.07) is 11.9. The quantitative estimate of drug-likeness (QED) is 0.509. The van der Waals surface area contributed by atoms with Gasteiger partial charge < -0.3 is 4.74 Å². The van der Waals surface area contributed by atoms with Crippen LogP contribution in [0.15, 0.2) is 48.3 Å². The van der Waals surface area contributed by atoms with Gasteiger partial charge in [0, 0.05) is 5.56 Å². The smallest absolute Gasteiger partial charge is 0.221 e. The van der Waals surface area contributed by atoms with E-state index in [1.807, 2.05) is 13.8 Å². The van der Waals surface area contributed by atoms with Crippen LogP contribution >= 0.6 is 0 Å². The van der Waals surface area contributed by atoms with Crippen molar-refractivity contribution in [2.45, 2.75) is 45.6 Å². The highest BCUT2D eigenvalue weighted by Crippen LogP contribution is 2.40. The second-order valence-electron chi connectivity index (χ2n) is 7.18. The molecule has 2 aromatic carbocycles. The summed E-state index contributed by atoms with van der Waals surface area (Å²) in [7, 11) is 0. The van der Waals surface area contributed by atoms with Crippen LogP contribution in [0.1, 0.15) is 53.2 Å². The van der Waals surface area contributed by atoms with E-state index >= 15 is 0 Å². The Balaban J connectivity index is 1.86. The maximum Gasteiger partial charge on any atom is 0.221 e. The van der Waals surface area contributed by atoms with Crippen LogP contribution in [0.25, 0.3) is 6.08 Å². The lowest BCUT2D eigenvalue weighted by Crippen LogP contribution is -2.49. The molecule has 0 unspecified atom stereocenters. The maximum absolute atomic E-state index is 14.4. The Morgan fingerprint density at radius 1 is 1.07 bits per heavy atom. The molecule has 0 heterocycles. The van der Waals surface area contributed by atoms with Gasteiger partial charge in [-0.3, -0.25) is 9.59 Å². The molecule has 0 atom stereocenters. The molecule has 1 aliphatic rings. The van der Waals surface area contributed by atoms with E-state index in [-0.39, 0.29) is 5.78 Å². The zero-order chi connectivity index (χ0) is 19.6. The zero-order valence-electron chi connectivity index (χ0n) is 15.8. The van der Waals surface area contributed by atoms with E-state index in [0.29, 0.717) is 16.9 Å². The number of aryl methyl sites for hydroxylation is 2. The van der Waals surface area contributed by atoms with Crippen molar-refractivity contribution in [2.24, 2.45) is 0 Å². The Morgan fingerprint density at radius 2 is 1.67 bits per heavy atom. The maximum atomic E-state index is 14.4. The number of halogens is 1. The number of ether oxygens (including phenoxy) is 1. The molecule has 140 valence electrons. The Hall–Kier alpha value is -2.75. The highest BCUT2D eigenvalue weighted by Gasteiger charge is 2.44. The van der Waals surface area contributed by atoms with Crippen molar-refractivity contribution in [2.75, 3.05) is 0 Å². The van der Waals surface area contributed by atoms with Crippen LogP contribution in [0.2, 0.25) is 0 Å². The van der Waals surface area contributed by atoms with Crippen LogP contribution in [0, 0.1) is 13.8 Å². The number of rotatable bonds is 6. The van der Waals surface area contributed by atoms with Crippen molar-refractivity contribution < 1.29 is 18.7 Å². The van der Waals surface area contributed by atoms with E-state index in [4.69, 9.17) is 4.74 Å². The molecule has 0 spiro atoms. The summed E-state index contributed by atoms with van der Waals surface area (Å²) < 4.78 is 20.5. The monoisotopic (exact) mass is 366 g/mol. The lowest BCUT2D eigenvalue weighted by molar-refractivity contribution is -0.139. The molecular formula is C23H23FO3. The molecule has 0 bridgehead atoms. The number of Topliss-reactive ketones (excluding diaryl/α,β-unsaturated/α-hetero) is 2. The number of benzene rings is 2. The highest BCUT2D eigenvalue weighted by atomic mass is 19.1. The van der Waals surface area contributed by atoms with Gasteiger partial charge in [0.15, 0.2) is 17.2 Å². The molecule has 1 fully saturated rings. The van der Waals surface area contributed by atoms with Crippen molar-refractivity contribution in [1.29, 1.82) is 0 Å². The van der Waals surface area contributed by atoms with E-state index in [2.05, 4.69) is 0 Å². The third-order valence-corrected chi connectivity index (χ3v) is 5.13. The number of carbonyl (C=O) groups excluding carboxylic acids is 2. The lowest BCUT2D eigenvalue weighted by atomic mass is 9.77. The molecule has 3 rings (SSSR count). The summed E-state index contributed by atoms with van der Waals surface area (Å²) in [4.78, 5) is 24.2. The minimum Gasteiger partial charge on any atom is -0.479 e. The van der Waals surface area contributed by atoms with Crippen LogP contribution in [0.5, 0.6) is 5.75 Å². The first-order valence-electron chi connectivity index (χ1n) is 9.11. The highest BCUT2D eigenvalue weighted by molar-refractivity contribution is 6.09. The fraction of sp³-hybridized carbons (Fsp3) is 0.304. The molecule has 0 aromatic heterocycles. The van der Waals surface area contributed by atoms with Crippen molar-refractivity contribution in [3.8, 4) is 5.75 Å². The summed E-state index contributed by atoms with van der Waals surface area (Å²) in [5.74, 6) is -0.753. The fourth-order valence-electron chi connectivity index (χ4n) is 3.39. The van der Waals surface area contributed by atoms with E-state index in [9.17, 15) is 14.0 Å². The molecule has 0 N–H and O–H groups in total. The summed E-state index contributed by atoms with van der Waals surface area (Å²) in [6.07, 6.45) is 3.67. The van der Waals surface area contributed by atoms with Gasteiger partial charge in [-0.25, -0.2) is 4.39 Å². The Kier molecular flexibility index (Phi) is 5.26. The molecule has 4 heteroatoms. The van der Waals surface area contributed by atoms with Crippen LogP contribution in [0.4, 0.5) is 4.39 Å². The molecule has 0 aliphatic heterocycles. The molecule has 0 saturated heterocycles. The Labute approximate surface area is 158 Å². The normalized spacial score (nSPS) is 15.8. The molecular weight excluding hydrogens is 343 g/mol. The number of hydrogen-bond acceptors (Lipinski definition) is 3. The Morgan fingerprint density at radius 3 is 2.15 bits per heavy atom. The molecule has 2 aromatic rings. The van der Waals surface area contributed by atoms with Gasteiger partial charge in [0.2, 0.25) is 5.78 Å². The van der Waals surface area contributed by atoms with Gasteiger partial charge in [-0.2, -0.15) is 0 Å². The number of carbonyl (C=O) groups is 2. The second kappa shape index (κ2) is 7.47. The number of hydrogen-bond donors (Lipinski definition) is 0. The second-order valence-corrected chi connectivity index (χ2v) is 7.18. The lowest BCUT2D eigenvalue weighted by Gasteiger charge is -2.40. The Bertz CT molecular complexity index is 885. The van der Waals surface area contributed by atoms with E-state index in [1.165, 1.54) is 6.08 Å². The first-order valence-corrected chi connectivity index (χ1v) is 9.11. The molecule has 1 saturated carbocycles. The molecule has 3 nitrogen and oxygen atoms in total. The SMILES string of the molecule is CC(=O)C1(Oc2c(C)cc(/C=C(\F)C(=O)c3ccccc3)cc2C)CCC1. The predicted molar refractivity (Wildman–Crippen MR) is 104 cm³/mol. The minimum absolute atomic E-state index is 0.0380. The van der Waals surface area contributed by atoms with Gasteiger partial charge in [0.1, 0.15) is 5.75 Å².